The smallest absolute Gasteiger partial charge is 0.317 e. The quantitative estimate of drug-likeness (QED) is 0.921. The number of aliphatic carboxylic acids is 1. The van der Waals surface area contributed by atoms with Crippen molar-refractivity contribution in [2.45, 2.75) is 13.0 Å². The Morgan fingerprint density at radius 1 is 1.26 bits per heavy atom. The average Bonchev–Trinajstić information content (AvgIpc) is 2.39. The second-order valence-corrected chi connectivity index (χ2v) is 5.85. The molecule has 0 radical (unpaired) electrons. The zero-order chi connectivity index (χ0) is 13.8. The molecule has 1 heterocycles. The van der Waals surface area contributed by atoms with Crippen LogP contribution >= 0.6 is 15.9 Å². The van der Waals surface area contributed by atoms with E-state index in [9.17, 15) is 4.79 Å². The molecule has 1 fully saturated rings. The van der Waals surface area contributed by atoms with Gasteiger partial charge in [-0.05, 0) is 24.6 Å². The number of carboxylic acids is 1. The van der Waals surface area contributed by atoms with E-state index >= 15 is 0 Å². The van der Waals surface area contributed by atoms with Gasteiger partial charge in [0.15, 0.2) is 0 Å². The summed E-state index contributed by atoms with van der Waals surface area (Å²) in [5.74, 6) is -0.741. The van der Waals surface area contributed by atoms with Gasteiger partial charge in [-0.25, -0.2) is 0 Å². The van der Waals surface area contributed by atoms with Crippen molar-refractivity contribution in [1.29, 1.82) is 0 Å². The molecular weight excluding hydrogens is 308 g/mol. The molecule has 0 bridgehead atoms. The molecule has 0 saturated carbocycles. The Morgan fingerprint density at radius 2 is 1.84 bits per heavy atom. The highest BCUT2D eigenvalue weighted by Gasteiger charge is 2.22. The number of nitrogens with zero attached hydrogens (tertiary/aromatic N) is 2. The second kappa shape index (κ2) is 6.50. The number of hydrogen-bond acceptors (Lipinski definition) is 3. The van der Waals surface area contributed by atoms with E-state index < -0.39 is 5.97 Å². The van der Waals surface area contributed by atoms with Gasteiger partial charge in [-0.15, -0.1) is 0 Å². The van der Waals surface area contributed by atoms with Crippen LogP contribution in [-0.2, 0) is 4.79 Å². The zero-order valence-corrected chi connectivity index (χ0v) is 12.6. The van der Waals surface area contributed by atoms with Crippen LogP contribution in [-0.4, -0.2) is 53.6 Å². The predicted octanol–water partition coefficient (Wildman–Crippen LogP) is 2.21. The number of rotatable bonds is 4. The number of carbonyl (C=O) groups is 1. The minimum absolute atomic E-state index is 0.153. The van der Waals surface area contributed by atoms with Crippen LogP contribution in [0.4, 0.5) is 0 Å². The van der Waals surface area contributed by atoms with Crippen molar-refractivity contribution in [2.24, 2.45) is 0 Å². The number of hydrogen-bond donors (Lipinski definition) is 1. The molecule has 1 aliphatic heterocycles. The first-order valence-electron chi connectivity index (χ1n) is 6.50. The molecule has 0 amide bonds. The lowest BCUT2D eigenvalue weighted by molar-refractivity contribution is -0.138. The molecule has 1 aromatic carbocycles. The molecule has 19 heavy (non-hydrogen) atoms. The average molecular weight is 327 g/mol. The predicted molar refractivity (Wildman–Crippen MR) is 78.2 cm³/mol. The van der Waals surface area contributed by atoms with Crippen LogP contribution in [0.5, 0.6) is 0 Å². The van der Waals surface area contributed by atoms with Gasteiger partial charge in [0, 0.05) is 36.7 Å². The third kappa shape index (κ3) is 4.03. The normalized spacial score (nSPS) is 19.3. The van der Waals surface area contributed by atoms with Crippen LogP contribution in [0.2, 0.25) is 0 Å². The van der Waals surface area contributed by atoms with Crippen molar-refractivity contribution < 1.29 is 9.90 Å². The number of piperazine rings is 1. The summed E-state index contributed by atoms with van der Waals surface area (Å²) in [6.07, 6.45) is 0. The van der Waals surface area contributed by atoms with Gasteiger partial charge < -0.3 is 5.11 Å². The summed E-state index contributed by atoms with van der Waals surface area (Å²) in [5, 5.41) is 8.79. The van der Waals surface area contributed by atoms with E-state index in [-0.39, 0.29) is 6.54 Å². The standard InChI is InChI=1S/C14H19BrN2O2/c1-11(12-2-4-13(15)5-3-12)17-8-6-16(7-9-17)10-14(18)19/h2-5,11H,6-10H2,1H3,(H,18,19)/t11-/m0/s1. The molecule has 0 spiro atoms. The third-order valence-electron chi connectivity index (χ3n) is 3.67. The molecule has 1 atom stereocenters. The molecule has 0 unspecified atom stereocenters. The fourth-order valence-corrected chi connectivity index (χ4v) is 2.72. The van der Waals surface area contributed by atoms with Gasteiger partial charge in [0.05, 0.1) is 6.54 Å². The molecule has 104 valence electrons. The molecule has 2 rings (SSSR count). The Hall–Kier alpha value is -0.910. The molecule has 1 aliphatic rings. The van der Waals surface area contributed by atoms with Crippen LogP contribution in [0, 0.1) is 0 Å². The van der Waals surface area contributed by atoms with Crippen molar-refractivity contribution in [2.75, 3.05) is 32.7 Å². The first-order valence-corrected chi connectivity index (χ1v) is 7.29. The molecule has 0 aromatic heterocycles. The maximum absolute atomic E-state index is 10.7. The van der Waals surface area contributed by atoms with Crippen molar-refractivity contribution in [3.05, 3.63) is 34.3 Å². The number of benzene rings is 1. The molecule has 0 aliphatic carbocycles. The van der Waals surface area contributed by atoms with Crippen molar-refractivity contribution >= 4 is 21.9 Å². The maximum Gasteiger partial charge on any atom is 0.317 e. The van der Waals surface area contributed by atoms with Crippen LogP contribution in [0.3, 0.4) is 0 Å². The highest BCUT2D eigenvalue weighted by Crippen LogP contribution is 2.23. The van der Waals surface area contributed by atoms with Crippen molar-refractivity contribution in [3.8, 4) is 0 Å². The van der Waals surface area contributed by atoms with Gasteiger partial charge in [0.25, 0.3) is 0 Å². The number of carboxylic acid groups (broad SMARTS) is 1. The Bertz CT molecular complexity index is 428. The lowest BCUT2D eigenvalue weighted by Crippen LogP contribution is -2.48. The van der Waals surface area contributed by atoms with Crippen molar-refractivity contribution in [1.82, 2.24) is 9.80 Å². The fraction of sp³-hybridized carbons (Fsp3) is 0.500. The largest absolute Gasteiger partial charge is 0.480 e. The van der Waals surface area contributed by atoms with Crippen LogP contribution < -0.4 is 0 Å². The minimum Gasteiger partial charge on any atom is -0.480 e. The van der Waals surface area contributed by atoms with Crippen molar-refractivity contribution in [3.63, 3.8) is 0 Å². The zero-order valence-electron chi connectivity index (χ0n) is 11.1. The van der Waals surface area contributed by atoms with E-state index in [1.165, 1.54) is 5.56 Å². The molecule has 1 saturated heterocycles. The molecule has 5 heteroatoms. The molecule has 4 nitrogen and oxygen atoms in total. The van der Waals surface area contributed by atoms with Gasteiger partial charge in [0.1, 0.15) is 0 Å². The van der Waals surface area contributed by atoms with Crippen LogP contribution in [0.1, 0.15) is 18.5 Å². The highest BCUT2D eigenvalue weighted by atomic mass is 79.9. The summed E-state index contributed by atoms with van der Waals surface area (Å²) < 4.78 is 1.09. The van der Waals surface area contributed by atoms with Crippen LogP contribution in [0.15, 0.2) is 28.7 Å². The second-order valence-electron chi connectivity index (χ2n) is 4.93. The maximum atomic E-state index is 10.7. The Labute approximate surface area is 122 Å². The monoisotopic (exact) mass is 326 g/mol. The first kappa shape index (κ1) is 14.5. The fourth-order valence-electron chi connectivity index (χ4n) is 2.45. The molecular formula is C14H19BrN2O2. The van der Waals surface area contributed by atoms with E-state index in [2.05, 4.69) is 52.0 Å². The van der Waals surface area contributed by atoms with E-state index in [1.807, 2.05) is 4.90 Å². The van der Waals surface area contributed by atoms with Gasteiger partial charge in [-0.1, -0.05) is 28.1 Å². The molecule has 1 aromatic rings. The van der Waals surface area contributed by atoms with E-state index in [4.69, 9.17) is 5.11 Å². The SMILES string of the molecule is C[C@@H](c1ccc(Br)cc1)N1CCN(CC(=O)O)CC1. The van der Waals surface area contributed by atoms with Gasteiger partial charge >= 0.3 is 5.97 Å². The van der Waals surface area contributed by atoms with Gasteiger partial charge in [-0.2, -0.15) is 0 Å². The summed E-state index contributed by atoms with van der Waals surface area (Å²) in [6, 6.07) is 8.77. The topological polar surface area (TPSA) is 43.8 Å². The molecule has 1 N–H and O–H groups in total. The third-order valence-corrected chi connectivity index (χ3v) is 4.19. The minimum atomic E-state index is -0.741. The van der Waals surface area contributed by atoms with Gasteiger partial charge in [-0.3, -0.25) is 14.6 Å². The lowest BCUT2D eigenvalue weighted by Gasteiger charge is -2.37. The summed E-state index contributed by atoms with van der Waals surface area (Å²) in [4.78, 5) is 15.1. The summed E-state index contributed by atoms with van der Waals surface area (Å²) in [5.41, 5.74) is 1.30. The van der Waals surface area contributed by atoms with Gasteiger partial charge in [0.2, 0.25) is 0 Å². The Morgan fingerprint density at radius 3 is 2.37 bits per heavy atom. The van der Waals surface area contributed by atoms with E-state index in [1.54, 1.807) is 0 Å². The van der Waals surface area contributed by atoms with E-state index in [0.717, 1.165) is 30.7 Å². The summed E-state index contributed by atoms with van der Waals surface area (Å²) in [7, 11) is 0. The lowest BCUT2D eigenvalue weighted by atomic mass is 10.1. The Balaban J connectivity index is 1.90. The number of halogens is 1. The first-order chi connectivity index (χ1) is 9.06. The van der Waals surface area contributed by atoms with Crippen LogP contribution in [0.25, 0.3) is 0 Å². The highest BCUT2D eigenvalue weighted by molar-refractivity contribution is 9.10. The summed E-state index contributed by atoms with van der Waals surface area (Å²) in [6.45, 7) is 5.85. The summed E-state index contributed by atoms with van der Waals surface area (Å²) >= 11 is 3.45. The Kier molecular flexibility index (Phi) is 4.96. The van der Waals surface area contributed by atoms with E-state index in [0.29, 0.717) is 6.04 Å².